The zero-order valence-corrected chi connectivity index (χ0v) is 14.2. The first-order valence-corrected chi connectivity index (χ1v) is 8.96. The maximum absolute atomic E-state index is 13.0. The first kappa shape index (κ1) is 16.7. The zero-order chi connectivity index (χ0) is 17.4. The highest BCUT2D eigenvalue weighted by molar-refractivity contribution is 7.89. The Balaban J connectivity index is 1.89. The van der Waals surface area contributed by atoms with E-state index in [2.05, 4.69) is 4.72 Å². The van der Waals surface area contributed by atoms with Gasteiger partial charge in [0.25, 0.3) is 0 Å². The van der Waals surface area contributed by atoms with E-state index in [0.717, 1.165) is 17.7 Å². The Bertz CT molecular complexity index is 847. The van der Waals surface area contributed by atoms with Crippen LogP contribution in [-0.4, -0.2) is 21.6 Å². The molecule has 0 saturated heterocycles. The molecule has 0 spiro atoms. The Morgan fingerprint density at radius 3 is 2.29 bits per heavy atom. The molecule has 2 aromatic rings. The minimum atomic E-state index is -3.79. The molecule has 1 aliphatic rings. The number of hydrogen-bond donors (Lipinski definition) is 1. The van der Waals surface area contributed by atoms with Gasteiger partial charge in [-0.15, -0.1) is 0 Å². The Hall–Kier alpha value is -2.12. The number of nitrogens with one attached hydrogen (secondary N) is 1. The fourth-order valence-electron chi connectivity index (χ4n) is 2.50. The molecule has 5 nitrogen and oxygen atoms in total. The van der Waals surface area contributed by atoms with Crippen molar-refractivity contribution in [2.75, 3.05) is 13.2 Å². The molecule has 0 fully saturated rings. The van der Waals surface area contributed by atoms with E-state index in [1.54, 1.807) is 32.0 Å². The van der Waals surface area contributed by atoms with Gasteiger partial charge in [0.05, 0.1) is 10.4 Å². The predicted molar refractivity (Wildman–Crippen MR) is 87.2 cm³/mol. The van der Waals surface area contributed by atoms with Gasteiger partial charge in [0.1, 0.15) is 19.0 Å². The predicted octanol–water partition coefficient (Wildman–Crippen LogP) is 2.81. The van der Waals surface area contributed by atoms with Crippen LogP contribution in [-0.2, 0) is 15.6 Å². The van der Waals surface area contributed by atoms with Gasteiger partial charge in [-0.25, -0.2) is 17.5 Å². The van der Waals surface area contributed by atoms with E-state index >= 15 is 0 Å². The smallest absolute Gasteiger partial charge is 0.241 e. The second-order valence-electron chi connectivity index (χ2n) is 6.04. The summed E-state index contributed by atoms with van der Waals surface area (Å²) in [7, 11) is -3.79. The molecule has 0 atom stereocenters. The van der Waals surface area contributed by atoms with E-state index in [1.165, 1.54) is 12.1 Å². The monoisotopic (exact) mass is 351 g/mol. The topological polar surface area (TPSA) is 64.6 Å². The van der Waals surface area contributed by atoms with Crippen molar-refractivity contribution >= 4 is 10.0 Å². The lowest BCUT2D eigenvalue weighted by Crippen LogP contribution is -2.41. The largest absolute Gasteiger partial charge is 0.486 e. The minimum absolute atomic E-state index is 0.00881. The average Bonchev–Trinajstić information content (AvgIpc) is 2.54. The average molecular weight is 351 g/mol. The van der Waals surface area contributed by atoms with E-state index in [0.29, 0.717) is 24.7 Å². The quantitative estimate of drug-likeness (QED) is 0.920. The minimum Gasteiger partial charge on any atom is -0.486 e. The van der Waals surface area contributed by atoms with Gasteiger partial charge in [0.2, 0.25) is 10.0 Å². The van der Waals surface area contributed by atoms with Crippen molar-refractivity contribution < 1.29 is 22.3 Å². The standard InChI is InChI=1S/C17H18FNO4S/c1-17(2,12-3-8-15-16(11-12)23-10-9-22-15)19-24(20,21)14-6-4-13(18)5-7-14/h3-8,11,19H,9-10H2,1-2H3. The van der Waals surface area contributed by atoms with E-state index in [-0.39, 0.29) is 4.90 Å². The van der Waals surface area contributed by atoms with E-state index < -0.39 is 21.4 Å². The van der Waals surface area contributed by atoms with Crippen LogP contribution >= 0.6 is 0 Å². The Kier molecular flexibility index (Phi) is 4.23. The zero-order valence-electron chi connectivity index (χ0n) is 13.4. The second-order valence-corrected chi connectivity index (χ2v) is 7.73. The van der Waals surface area contributed by atoms with Crippen molar-refractivity contribution in [1.29, 1.82) is 0 Å². The van der Waals surface area contributed by atoms with Crippen LogP contribution in [0, 0.1) is 5.82 Å². The molecule has 0 radical (unpaired) electrons. The molecule has 0 aliphatic carbocycles. The highest BCUT2D eigenvalue weighted by Crippen LogP contribution is 2.34. The molecule has 0 unspecified atom stereocenters. The van der Waals surface area contributed by atoms with Gasteiger partial charge in [-0.2, -0.15) is 0 Å². The highest BCUT2D eigenvalue weighted by Gasteiger charge is 2.29. The Labute approximate surface area is 140 Å². The molecular weight excluding hydrogens is 333 g/mol. The van der Waals surface area contributed by atoms with Gasteiger partial charge in [0.15, 0.2) is 11.5 Å². The van der Waals surface area contributed by atoms with Gasteiger partial charge in [-0.05, 0) is 55.8 Å². The van der Waals surface area contributed by atoms with Gasteiger partial charge in [-0.3, -0.25) is 0 Å². The SMILES string of the molecule is CC(C)(NS(=O)(=O)c1ccc(F)cc1)c1ccc2c(c1)OCCO2. The van der Waals surface area contributed by atoms with Crippen LogP contribution in [0.25, 0.3) is 0 Å². The number of ether oxygens (including phenoxy) is 2. The molecule has 24 heavy (non-hydrogen) atoms. The molecule has 0 aromatic heterocycles. The van der Waals surface area contributed by atoms with Crippen molar-refractivity contribution in [3.05, 3.63) is 53.8 Å². The summed E-state index contributed by atoms with van der Waals surface area (Å²) in [5, 5.41) is 0. The van der Waals surface area contributed by atoms with Crippen LogP contribution in [0.4, 0.5) is 4.39 Å². The van der Waals surface area contributed by atoms with Crippen LogP contribution < -0.4 is 14.2 Å². The Morgan fingerprint density at radius 2 is 1.62 bits per heavy atom. The number of halogens is 1. The molecule has 7 heteroatoms. The summed E-state index contributed by atoms with van der Waals surface area (Å²) < 4.78 is 51.7. The van der Waals surface area contributed by atoms with Crippen molar-refractivity contribution in [3.8, 4) is 11.5 Å². The summed E-state index contributed by atoms with van der Waals surface area (Å²) in [6, 6.07) is 10.0. The van der Waals surface area contributed by atoms with Crippen molar-refractivity contribution in [3.63, 3.8) is 0 Å². The molecule has 0 amide bonds. The van der Waals surface area contributed by atoms with E-state index in [9.17, 15) is 12.8 Å². The molecule has 128 valence electrons. The molecule has 2 aromatic carbocycles. The van der Waals surface area contributed by atoms with Crippen molar-refractivity contribution in [2.24, 2.45) is 0 Å². The summed E-state index contributed by atoms with van der Waals surface area (Å²) in [4.78, 5) is 0.00881. The van der Waals surface area contributed by atoms with Crippen LogP contribution in [0.1, 0.15) is 19.4 Å². The summed E-state index contributed by atoms with van der Waals surface area (Å²) in [5.74, 6) is 0.745. The third-order valence-electron chi connectivity index (χ3n) is 3.78. The fraction of sp³-hybridized carbons (Fsp3) is 0.294. The molecule has 1 aliphatic heterocycles. The van der Waals surface area contributed by atoms with Crippen LogP contribution in [0.3, 0.4) is 0 Å². The summed E-state index contributed by atoms with van der Waals surface area (Å²) in [6.45, 7) is 4.45. The summed E-state index contributed by atoms with van der Waals surface area (Å²) >= 11 is 0. The van der Waals surface area contributed by atoms with Gasteiger partial charge in [0, 0.05) is 0 Å². The van der Waals surface area contributed by atoms with Gasteiger partial charge >= 0.3 is 0 Å². The first-order valence-electron chi connectivity index (χ1n) is 7.48. The molecule has 0 saturated carbocycles. The Morgan fingerprint density at radius 1 is 1.00 bits per heavy atom. The van der Waals surface area contributed by atoms with E-state index in [1.807, 2.05) is 0 Å². The third-order valence-corrected chi connectivity index (χ3v) is 5.45. The van der Waals surface area contributed by atoms with Gasteiger partial charge in [-0.1, -0.05) is 6.07 Å². The lowest BCUT2D eigenvalue weighted by Gasteiger charge is -2.28. The van der Waals surface area contributed by atoms with E-state index in [4.69, 9.17) is 9.47 Å². The molecule has 1 N–H and O–H groups in total. The number of benzene rings is 2. The van der Waals surface area contributed by atoms with Crippen LogP contribution in [0.15, 0.2) is 47.4 Å². The first-order chi connectivity index (χ1) is 11.3. The summed E-state index contributed by atoms with van der Waals surface area (Å²) in [6.07, 6.45) is 0. The van der Waals surface area contributed by atoms with Crippen LogP contribution in [0.2, 0.25) is 0 Å². The second kappa shape index (κ2) is 6.07. The molecule has 1 heterocycles. The number of sulfonamides is 1. The number of rotatable bonds is 4. The maximum Gasteiger partial charge on any atom is 0.241 e. The van der Waals surface area contributed by atoms with Crippen LogP contribution in [0.5, 0.6) is 11.5 Å². The molecular formula is C17H18FNO4S. The molecule has 0 bridgehead atoms. The molecule has 3 rings (SSSR count). The number of fused-ring (bicyclic) bond motifs is 1. The fourth-order valence-corrected chi connectivity index (χ4v) is 3.90. The van der Waals surface area contributed by atoms with Crippen molar-refractivity contribution in [1.82, 2.24) is 4.72 Å². The lowest BCUT2D eigenvalue weighted by atomic mass is 9.95. The highest BCUT2D eigenvalue weighted by atomic mass is 32.2. The summed E-state index contributed by atoms with van der Waals surface area (Å²) in [5.41, 5.74) is -0.152. The maximum atomic E-state index is 13.0. The normalized spacial score (nSPS) is 14.5. The van der Waals surface area contributed by atoms with Crippen molar-refractivity contribution in [2.45, 2.75) is 24.3 Å². The third kappa shape index (κ3) is 3.37. The van der Waals surface area contributed by atoms with Gasteiger partial charge < -0.3 is 9.47 Å². The lowest BCUT2D eigenvalue weighted by molar-refractivity contribution is 0.171. The number of hydrogen-bond acceptors (Lipinski definition) is 4.